The third-order valence-corrected chi connectivity index (χ3v) is 3.76. The Bertz CT molecular complexity index is 142. The second-order valence-electron chi connectivity index (χ2n) is 4.29. The lowest BCUT2D eigenvalue weighted by Crippen LogP contribution is -2.38. The lowest BCUT2D eigenvalue weighted by Gasteiger charge is -2.30. The lowest BCUT2D eigenvalue weighted by atomic mass is 10.1. The average molecular weight is 232 g/mol. The molecule has 15 heavy (non-hydrogen) atoms. The minimum Gasteiger partial charge on any atom is -0.317 e. The van der Waals surface area contributed by atoms with E-state index in [1.807, 2.05) is 11.8 Å². The van der Waals surface area contributed by atoms with Gasteiger partial charge >= 0.3 is 0 Å². The van der Waals surface area contributed by atoms with Gasteiger partial charge in [-0.3, -0.25) is 0 Å². The topological polar surface area (TPSA) is 15.3 Å². The summed E-state index contributed by atoms with van der Waals surface area (Å²) in [5, 5.41) is 3.39. The predicted octanol–water partition coefficient (Wildman–Crippen LogP) is 2.45. The third kappa shape index (κ3) is 7.20. The third-order valence-electron chi connectivity index (χ3n) is 3.12. The summed E-state index contributed by atoms with van der Waals surface area (Å²) in [6, 6.07) is 1.38. The van der Waals surface area contributed by atoms with E-state index in [1.54, 1.807) is 0 Å². The van der Waals surface area contributed by atoms with Crippen LogP contribution in [0.1, 0.15) is 33.6 Å². The van der Waals surface area contributed by atoms with Crippen LogP contribution in [-0.2, 0) is 0 Å². The van der Waals surface area contributed by atoms with Gasteiger partial charge in [0.05, 0.1) is 0 Å². The van der Waals surface area contributed by atoms with Gasteiger partial charge in [-0.1, -0.05) is 6.92 Å². The normalized spacial score (nSPS) is 15.6. The molecule has 0 aliphatic rings. The first kappa shape index (κ1) is 15.3. The maximum atomic E-state index is 3.39. The molecule has 1 N–H and O–H groups in total. The SMILES string of the molecule is CCNCCC(C)N(C)C(C)CCSC. The summed E-state index contributed by atoms with van der Waals surface area (Å²) < 4.78 is 0. The first-order chi connectivity index (χ1) is 7.13. The number of hydrogen-bond donors (Lipinski definition) is 1. The van der Waals surface area contributed by atoms with Crippen molar-refractivity contribution in [1.29, 1.82) is 0 Å². The molecular formula is C12H28N2S. The van der Waals surface area contributed by atoms with Crippen LogP contribution in [0.5, 0.6) is 0 Å². The van der Waals surface area contributed by atoms with Crippen LogP contribution < -0.4 is 5.32 Å². The lowest BCUT2D eigenvalue weighted by molar-refractivity contribution is 0.183. The van der Waals surface area contributed by atoms with Gasteiger partial charge in [0.15, 0.2) is 0 Å². The van der Waals surface area contributed by atoms with E-state index >= 15 is 0 Å². The van der Waals surface area contributed by atoms with Crippen LogP contribution in [-0.4, -0.2) is 49.1 Å². The maximum absolute atomic E-state index is 3.39. The molecule has 0 saturated carbocycles. The molecule has 0 fully saturated rings. The van der Waals surface area contributed by atoms with E-state index in [-0.39, 0.29) is 0 Å². The van der Waals surface area contributed by atoms with Crippen molar-refractivity contribution >= 4 is 11.8 Å². The van der Waals surface area contributed by atoms with E-state index < -0.39 is 0 Å². The summed E-state index contributed by atoms with van der Waals surface area (Å²) in [5.41, 5.74) is 0. The summed E-state index contributed by atoms with van der Waals surface area (Å²) in [4.78, 5) is 2.51. The molecule has 0 spiro atoms. The summed E-state index contributed by atoms with van der Waals surface area (Å²) in [6.07, 6.45) is 4.72. The van der Waals surface area contributed by atoms with Crippen molar-refractivity contribution in [2.75, 3.05) is 32.1 Å². The van der Waals surface area contributed by atoms with Crippen molar-refractivity contribution in [3.8, 4) is 0 Å². The van der Waals surface area contributed by atoms with Crippen LogP contribution in [0.4, 0.5) is 0 Å². The van der Waals surface area contributed by atoms with E-state index in [4.69, 9.17) is 0 Å². The number of hydrogen-bond acceptors (Lipinski definition) is 3. The van der Waals surface area contributed by atoms with Gasteiger partial charge in [-0.2, -0.15) is 11.8 Å². The van der Waals surface area contributed by atoms with Crippen molar-refractivity contribution in [3.63, 3.8) is 0 Å². The van der Waals surface area contributed by atoms with Gasteiger partial charge in [-0.25, -0.2) is 0 Å². The molecule has 0 radical (unpaired) electrons. The molecule has 0 heterocycles. The van der Waals surface area contributed by atoms with Crippen LogP contribution in [0.15, 0.2) is 0 Å². The van der Waals surface area contributed by atoms with Gasteiger partial charge in [-0.05, 0) is 58.8 Å². The number of nitrogens with zero attached hydrogens (tertiary/aromatic N) is 1. The van der Waals surface area contributed by atoms with Crippen LogP contribution in [0, 0.1) is 0 Å². The Balaban J connectivity index is 3.69. The van der Waals surface area contributed by atoms with Crippen LogP contribution in [0.2, 0.25) is 0 Å². The zero-order valence-corrected chi connectivity index (χ0v) is 11.9. The highest BCUT2D eigenvalue weighted by atomic mass is 32.2. The Morgan fingerprint density at radius 2 is 1.80 bits per heavy atom. The van der Waals surface area contributed by atoms with E-state index in [2.05, 4.69) is 44.3 Å². The quantitative estimate of drug-likeness (QED) is 0.615. The summed E-state index contributed by atoms with van der Waals surface area (Å²) in [6.45, 7) is 9.04. The molecule has 0 bridgehead atoms. The number of thioether (sulfide) groups is 1. The molecular weight excluding hydrogens is 204 g/mol. The van der Waals surface area contributed by atoms with Crippen LogP contribution in [0.25, 0.3) is 0 Å². The molecule has 2 unspecified atom stereocenters. The molecule has 0 saturated heterocycles. The maximum Gasteiger partial charge on any atom is 0.00787 e. The van der Waals surface area contributed by atoms with E-state index in [0.29, 0.717) is 12.1 Å². The van der Waals surface area contributed by atoms with Crippen LogP contribution in [0.3, 0.4) is 0 Å². The fourth-order valence-corrected chi connectivity index (χ4v) is 2.19. The van der Waals surface area contributed by atoms with E-state index in [0.717, 1.165) is 13.1 Å². The van der Waals surface area contributed by atoms with Crippen molar-refractivity contribution in [1.82, 2.24) is 10.2 Å². The molecule has 0 aliphatic heterocycles. The predicted molar refractivity (Wildman–Crippen MR) is 72.8 cm³/mol. The second-order valence-corrected chi connectivity index (χ2v) is 5.27. The van der Waals surface area contributed by atoms with Gasteiger partial charge in [0.25, 0.3) is 0 Å². The zero-order valence-electron chi connectivity index (χ0n) is 11.0. The van der Waals surface area contributed by atoms with Crippen LogP contribution >= 0.6 is 11.8 Å². The first-order valence-corrected chi connectivity index (χ1v) is 7.44. The monoisotopic (exact) mass is 232 g/mol. The largest absolute Gasteiger partial charge is 0.317 e. The van der Waals surface area contributed by atoms with E-state index in [9.17, 15) is 0 Å². The molecule has 0 aliphatic carbocycles. The summed E-state index contributed by atoms with van der Waals surface area (Å²) in [5.74, 6) is 1.27. The molecule has 0 aromatic heterocycles. The van der Waals surface area contributed by atoms with Gasteiger partial charge in [0, 0.05) is 12.1 Å². The van der Waals surface area contributed by atoms with Gasteiger partial charge in [0.1, 0.15) is 0 Å². The van der Waals surface area contributed by atoms with Crippen molar-refractivity contribution in [2.24, 2.45) is 0 Å². The Morgan fingerprint density at radius 3 is 2.33 bits per heavy atom. The molecule has 3 heteroatoms. The Hall–Kier alpha value is 0.270. The number of nitrogens with one attached hydrogen (secondary N) is 1. The first-order valence-electron chi connectivity index (χ1n) is 6.05. The smallest absolute Gasteiger partial charge is 0.00787 e. The molecule has 0 aromatic carbocycles. The minimum atomic E-state index is 0.681. The van der Waals surface area contributed by atoms with Crippen molar-refractivity contribution in [3.05, 3.63) is 0 Å². The average Bonchev–Trinajstić information content (AvgIpc) is 2.24. The molecule has 0 rings (SSSR count). The highest BCUT2D eigenvalue weighted by Gasteiger charge is 2.14. The number of rotatable bonds is 9. The van der Waals surface area contributed by atoms with Crippen molar-refractivity contribution < 1.29 is 0 Å². The fourth-order valence-electron chi connectivity index (χ4n) is 1.62. The van der Waals surface area contributed by atoms with E-state index in [1.165, 1.54) is 18.6 Å². The standard InChI is InChI=1S/C12H28N2S/c1-6-13-9-7-11(2)14(4)12(3)8-10-15-5/h11-13H,6-10H2,1-5H3. The summed E-state index contributed by atoms with van der Waals surface area (Å²) >= 11 is 1.94. The highest BCUT2D eigenvalue weighted by Crippen LogP contribution is 2.10. The van der Waals surface area contributed by atoms with Crippen molar-refractivity contribution in [2.45, 2.75) is 45.7 Å². The Morgan fingerprint density at radius 1 is 1.20 bits per heavy atom. The highest BCUT2D eigenvalue weighted by molar-refractivity contribution is 7.98. The molecule has 0 amide bonds. The van der Waals surface area contributed by atoms with Gasteiger partial charge < -0.3 is 10.2 Å². The Labute approximate surface area is 100 Å². The second kappa shape index (κ2) is 9.49. The van der Waals surface area contributed by atoms with Gasteiger partial charge in [-0.15, -0.1) is 0 Å². The molecule has 2 atom stereocenters. The Kier molecular flexibility index (Phi) is 9.66. The summed E-state index contributed by atoms with van der Waals surface area (Å²) in [7, 11) is 2.25. The zero-order chi connectivity index (χ0) is 11.7. The molecule has 92 valence electrons. The molecule has 0 aromatic rings. The molecule has 2 nitrogen and oxygen atoms in total. The fraction of sp³-hybridized carbons (Fsp3) is 1.00. The minimum absolute atomic E-state index is 0.681. The van der Waals surface area contributed by atoms with Gasteiger partial charge in [0.2, 0.25) is 0 Å².